The van der Waals surface area contributed by atoms with E-state index < -0.39 is 0 Å². The third-order valence-electron chi connectivity index (χ3n) is 3.22. The number of hydrogen-bond donors (Lipinski definition) is 1. The first kappa shape index (κ1) is 15.0. The van der Waals surface area contributed by atoms with E-state index in [9.17, 15) is 0 Å². The van der Waals surface area contributed by atoms with E-state index in [-0.39, 0.29) is 0 Å². The van der Waals surface area contributed by atoms with Gasteiger partial charge in [0.15, 0.2) is 11.5 Å². The summed E-state index contributed by atoms with van der Waals surface area (Å²) in [6, 6.07) is 12.4. The highest BCUT2D eigenvalue weighted by atomic mass is 127. The summed E-state index contributed by atoms with van der Waals surface area (Å²) < 4.78 is 13.6. The molecule has 2 aromatic rings. The van der Waals surface area contributed by atoms with E-state index in [2.05, 4.69) is 62.0 Å². The van der Waals surface area contributed by atoms with Gasteiger partial charge in [-0.05, 0) is 68.3 Å². The molecule has 1 aliphatic heterocycles. The molecule has 1 heterocycles. The zero-order chi connectivity index (χ0) is 14.7. The molecule has 3 nitrogen and oxygen atoms in total. The predicted molar refractivity (Wildman–Crippen MR) is 96.2 cm³/mol. The third kappa shape index (κ3) is 3.63. The molecule has 0 unspecified atom stereocenters. The maximum atomic E-state index is 5.76. The number of ether oxygens (including phenoxy) is 2. The first-order valence-corrected chi connectivity index (χ1v) is 8.67. The number of fused-ring (bicyclic) bond motifs is 1. The Bertz CT molecular complexity index is 648. The van der Waals surface area contributed by atoms with E-state index in [1.54, 1.807) is 0 Å². The highest BCUT2D eigenvalue weighted by Gasteiger charge is 2.15. The molecule has 0 amide bonds. The SMILES string of the molecule is Brc1cc(CNc2ccccc2I)cc2c1OCCCO2. The normalized spacial score (nSPS) is 13.6. The summed E-state index contributed by atoms with van der Waals surface area (Å²) in [4.78, 5) is 0. The van der Waals surface area contributed by atoms with Crippen molar-refractivity contribution in [1.82, 2.24) is 0 Å². The lowest BCUT2D eigenvalue weighted by Crippen LogP contribution is -2.02. The first-order valence-electron chi connectivity index (χ1n) is 6.80. The van der Waals surface area contributed by atoms with Crippen molar-refractivity contribution in [1.29, 1.82) is 0 Å². The van der Waals surface area contributed by atoms with Gasteiger partial charge in [0.05, 0.1) is 17.7 Å². The standard InChI is InChI=1S/C16H15BrINO2/c17-12-8-11(9-15-16(12)21-7-3-6-20-15)10-19-14-5-2-1-4-13(14)18/h1-2,4-5,8-9,19H,3,6-7,10H2. The van der Waals surface area contributed by atoms with Gasteiger partial charge in [-0.3, -0.25) is 0 Å². The monoisotopic (exact) mass is 459 g/mol. The van der Waals surface area contributed by atoms with Gasteiger partial charge in [-0.1, -0.05) is 12.1 Å². The molecule has 21 heavy (non-hydrogen) atoms. The molecule has 1 aliphatic rings. The van der Waals surface area contributed by atoms with E-state index in [1.807, 2.05) is 18.2 Å². The van der Waals surface area contributed by atoms with Gasteiger partial charge < -0.3 is 14.8 Å². The number of benzene rings is 2. The van der Waals surface area contributed by atoms with Crippen LogP contribution in [0.15, 0.2) is 40.9 Å². The Kier molecular flexibility index (Phi) is 4.90. The maximum absolute atomic E-state index is 5.76. The molecule has 110 valence electrons. The number of nitrogens with one attached hydrogen (secondary N) is 1. The maximum Gasteiger partial charge on any atom is 0.175 e. The Labute approximate surface area is 146 Å². The molecule has 3 rings (SSSR count). The Morgan fingerprint density at radius 1 is 1.14 bits per heavy atom. The molecule has 0 radical (unpaired) electrons. The van der Waals surface area contributed by atoms with Gasteiger partial charge in [-0.15, -0.1) is 0 Å². The van der Waals surface area contributed by atoms with Crippen LogP contribution in [0.3, 0.4) is 0 Å². The van der Waals surface area contributed by atoms with Crippen molar-refractivity contribution in [3.63, 3.8) is 0 Å². The van der Waals surface area contributed by atoms with Crippen molar-refractivity contribution >= 4 is 44.2 Å². The molecular formula is C16H15BrINO2. The largest absolute Gasteiger partial charge is 0.490 e. The molecule has 0 atom stereocenters. The summed E-state index contributed by atoms with van der Waals surface area (Å²) in [5.74, 6) is 1.63. The minimum Gasteiger partial charge on any atom is -0.490 e. The topological polar surface area (TPSA) is 30.5 Å². The van der Waals surface area contributed by atoms with Crippen LogP contribution in [0, 0.1) is 3.57 Å². The number of hydrogen-bond acceptors (Lipinski definition) is 3. The second kappa shape index (κ2) is 6.87. The lowest BCUT2D eigenvalue weighted by molar-refractivity contribution is 0.296. The number of para-hydroxylation sites is 1. The van der Waals surface area contributed by atoms with Crippen LogP contribution in [-0.4, -0.2) is 13.2 Å². The van der Waals surface area contributed by atoms with Crippen LogP contribution < -0.4 is 14.8 Å². The van der Waals surface area contributed by atoms with Crippen LogP contribution in [0.1, 0.15) is 12.0 Å². The Morgan fingerprint density at radius 2 is 1.95 bits per heavy atom. The van der Waals surface area contributed by atoms with Gasteiger partial charge in [0.2, 0.25) is 0 Å². The lowest BCUT2D eigenvalue weighted by atomic mass is 10.2. The quantitative estimate of drug-likeness (QED) is 0.667. The fourth-order valence-corrected chi connectivity index (χ4v) is 3.37. The Morgan fingerprint density at radius 3 is 2.81 bits per heavy atom. The van der Waals surface area contributed by atoms with Crippen molar-refractivity contribution in [2.24, 2.45) is 0 Å². The second-order valence-corrected chi connectivity index (χ2v) is 6.81. The van der Waals surface area contributed by atoms with Crippen LogP contribution in [0.5, 0.6) is 11.5 Å². The van der Waals surface area contributed by atoms with E-state index >= 15 is 0 Å². The number of rotatable bonds is 3. The highest BCUT2D eigenvalue weighted by molar-refractivity contribution is 14.1. The highest BCUT2D eigenvalue weighted by Crippen LogP contribution is 2.38. The molecule has 5 heteroatoms. The van der Waals surface area contributed by atoms with E-state index in [0.717, 1.165) is 40.2 Å². The van der Waals surface area contributed by atoms with Gasteiger partial charge in [0.1, 0.15) is 0 Å². The molecule has 0 saturated heterocycles. The van der Waals surface area contributed by atoms with Crippen molar-refractivity contribution in [3.05, 3.63) is 50.0 Å². The zero-order valence-electron chi connectivity index (χ0n) is 11.4. The van der Waals surface area contributed by atoms with Crippen LogP contribution in [0.25, 0.3) is 0 Å². The van der Waals surface area contributed by atoms with Crippen molar-refractivity contribution in [2.75, 3.05) is 18.5 Å². The molecule has 0 aromatic heterocycles. The first-order chi connectivity index (χ1) is 10.2. The predicted octanol–water partition coefficient (Wildman–Crippen LogP) is 4.83. The molecule has 0 bridgehead atoms. The zero-order valence-corrected chi connectivity index (χ0v) is 15.1. The smallest absolute Gasteiger partial charge is 0.175 e. The Balaban J connectivity index is 1.79. The fourth-order valence-electron chi connectivity index (χ4n) is 2.19. The van der Waals surface area contributed by atoms with Crippen LogP contribution in [0.2, 0.25) is 0 Å². The average molecular weight is 460 g/mol. The van der Waals surface area contributed by atoms with E-state index in [1.165, 1.54) is 3.57 Å². The van der Waals surface area contributed by atoms with E-state index in [0.29, 0.717) is 13.2 Å². The van der Waals surface area contributed by atoms with E-state index in [4.69, 9.17) is 9.47 Å². The minimum atomic E-state index is 0.700. The number of anilines is 1. The molecule has 2 aromatic carbocycles. The molecule has 0 spiro atoms. The lowest BCUT2D eigenvalue weighted by Gasteiger charge is -2.13. The van der Waals surface area contributed by atoms with Crippen LogP contribution in [-0.2, 0) is 6.54 Å². The van der Waals surface area contributed by atoms with Gasteiger partial charge in [0, 0.05) is 22.2 Å². The van der Waals surface area contributed by atoms with Gasteiger partial charge in [-0.25, -0.2) is 0 Å². The summed E-state index contributed by atoms with van der Waals surface area (Å²) in [5, 5.41) is 3.45. The summed E-state index contributed by atoms with van der Waals surface area (Å²) in [6.45, 7) is 2.15. The summed E-state index contributed by atoms with van der Waals surface area (Å²) in [6.07, 6.45) is 0.914. The van der Waals surface area contributed by atoms with Crippen molar-refractivity contribution in [2.45, 2.75) is 13.0 Å². The molecule has 1 N–H and O–H groups in total. The van der Waals surface area contributed by atoms with Gasteiger partial charge in [0.25, 0.3) is 0 Å². The third-order valence-corrected chi connectivity index (χ3v) is 4.75. The van der Waals surface area contributed by atoms with Crippen molar-refractivity contribution in [3.8, 4) is 11.5 Å². The van der Waals surface area contributed by atoms with Gasteiger partial charge >= 0.3 is 0 Å². The summed E-state index contributed by atoms with van der Waals surface area (Å²) in [7, 11) is 0. The molecule has 0 fully saturated rings. The summed E-state index contributed by atoms with van der Waals surface area (Å²) >= 11 is 5.91. The second-order valence-electron chi connectivity index (χ2n) is 4.79. The molecule has 0 saturated carbocycles. The van der Waals surface area contributed by atoms with Crippen LogP contribution >= 0.6 is 38.5 Å². The van der Waals surface area contributed by atoms with Gasteiger partial charge in [-0.2, -0.15) is 0 Å². The average Bonchev–Trinajstić information content (AvgIpc) is 2.72. The molecular weight excluding hydrogens is 445 g/mol. The fraction of sp³-hybridized carbons (Fsp3) is 0.250. The minimum absolute atomic E-state index is 0.700. The van der Waals surface area contributed by atoms with Crippen molar-refractivity contribution < 1.29 is 9.47 Å². The summed E-state index contributed by atoms with van der Waals surface area (Å²) in [5.41, 5.74) is 2.30. The number of halogens is 2. The Hall–Kier alpha value is -0.950. The van der Waals surface area contributed by atoms with Crippen LogP contribution in [0.4, 0.5) is 5.69 Å². The molecule has 0 aliphatic carbocycles.